The third-order valence-corrected chi connectivity index (χ3v) is 4.71. The van der Waals surface area contributed by atoms with Crippen LogP contribution in [0.15, 0.2) is 30.5 Å². The summed E-state index contributed by atoms with van der Waals surface area (Å²) in [5, 5.41) is 6.21. The Labute approximate surface area is 159 Å². The van der Waals surface area contributed by atoms with Crippen molar-refractivity contribution in [2.75, 3.05) is 18.4 Å². The zero-order valence-electron chi connectivity index (χ0n) is 16.2. The van der Waals surface area contributed by atoms with Crippen LogP contribution in [0, 0.1) is 20.8 Å². The van der Waals surface area contributed by atoms with Gasteiger partial charge in [0.05, 0.1) is 11.0 Å². The topological polar surface area (TPSA) is 82.7 Å². The van der Waals surface area contributed by atoms with Gasteiger partial charge in [0, 0.05) is 32.1 Å². The average Bonchev–Trinajstić information content (AvgIpc) is 3.08. The summed E-state index contributed by atoms with van der Waals surface area (Å²) in [4.78, 5) is 24.3. The summed E-state index contributed by atoms with van der Waals surface area (Å²) in [5.41, 5.74) is 5.59. The number of fused-ring (bicyclic) bond motifs is 1. The van der Waals surface area contributed by atoms with Crippen LogP contribution in [-0.4, -0.2) is 33.9 Å². The molecule has 0 aliphatic heterocycles. The molecule has 0 aliphatic carbocycles. The first-order chi connectivity index (χ1) is 13.0. The lowest BCUT2D eigenvalue weighted by Crippen LogP contribution is -2.26. The second-order valence-electron chi connectivity index (χ2n) is 6.94. The third-order valence-electron chi connectivity index (χ3n) is 4.71. The van der Waals surface area contributed by atoms with Crippen LogP contribution in [0.3, 0.4) is 0 Å². The molecule has 3 N–H and O–H groups in total. The lowest BCUT2D eigenvalue weighted by Gasteiger charge is -2.07. The molecule has 1 amide bonds. The predicted molar refractivity (Wildman–Crippen MR) is 109 cm³/mol. The summed E-state index contributed by atoms with van der Waals surface area (Å²) in [6, 6.07) is 8.12. The number of hydrogen-bond donors (Lipinski definition) is 3. The number of amides is 1. The number of pyridine rings is 1. The molecule has 0 aliphatic rings. The van der Waals surface area contributed by atoms with Gasteiger partial charge in [0.15, 0.2) is 0 Å². The Balaban J connectivity index is 1.37. The maximum absolute atomic E-state index is 12.0. The number of carbonyl (C=O) groups excluding carboxylic acids is 1. The number of anilines is 1. The van der Waals surface area contributed by atoms with E-state index in [0.717, 1.165) is 41.2 Å². The highest BCUT2D eigenvalue weighted by Gasteiger charge is 2.09. The molecule has 1 aromatic carbocycles. The molecule has 2 aromatic heterocycles. The number of carbonyl (C=O) groups is 1. The second-order valence-corrected chi connectivity index (χ2v) is 6.94. The van der Waals surface area contributed by atoms with Gasteiger partial charge in [-0.3, -0.25) is 4.79 Å². The van der Waals surface area contributed by atoms with Crippen LogP contribution in [0.5, 0.6) is 0 Å². The van der Waals surface area contributed by atoms with Gasteiger partial charge in [-0.2, -0.15) is 0 Å². The molecule has 142 valence electrons. The minimum Gasteiger partial charge on any atom is -0.370 e. The fourth-order valence-electron chi connectivity index (χ4n) is 2.91. The first kappa shape index (κ1) is 18.9. The van der Waals surface area contributed by atoms with Crippen LogP contribution < -0.4 is 10.6 Å². The number of aryl methyl sites for hydroxylation is 4. The number of nitrogens with zero attached hydrogens (tertiary/aromatic N) is 2. The first-order valence-corrected chi connectivity index (χ1v) is 9.41. The molecule has 6 nitrogen and oxygen atoms in total. The lowest BCUT2D eigenvalue weighted by molar-refractivity contribution is -0.121. The van der Waals surface area contributed by atoms with Gasteiger partial charge in [-0.15, -0.1) is 0 Å². The van der Waals surface area contributed by atoms with Gasteiger partial charge in [0.25, 0.3) is 0 Å². The van der Waals surface area contributed by atoms with Crippen molar-refractivity contribution in [3.05, 3.63) is 53.0 Å². The Morgan fingerprint density at radius 2 is 1.96 bits per heavy atom. The molecule has 0 unspecified atom stereocenters. The Kier molecular flexibility index (Phi) is 6.06. The van der Waals surface area contributed by atoms with Crippen LogP contribution in [-0.2, 0) is 11.2 Å². The minimum atomic E-state index is 0.0526. The standard InChI is InChI=1S/C21H27N5O/c1-14-5-8-18(24-13-14)22-11-4-12-23-20(27)10-9-19-25-17-7-6-15(2)16(3)21(17)26-19/h5-8,13H,4,9-12H2,1-3H3,(H,22,24)(H,23,27)(H,25,26). The maximum atomic E-state index is 12.0. The van der Waals surface area contributed by atoms with E-state index < -0.39 is 0 Å². The predicted octanol–water partition coefficient (Wildman–Crippen LogP) is 3.43. The van der Waals surface area contributed by atoms with Crippen LogP contribution in [0.25, 0.3) is 11.0 Å². The van der Waals surface area contributed by atoms with Crippen molar-refractivity contribution >= 4 is 22.8 Å². The Morgan fingerprint density at radius 3 is 2.74 bits per heavy atom. The van der Waals surface area contributed by atoms with E-state index in [9.17, 15) is 4.79 Å². The monoisotopic (exact) mass is 365 g/mol. The molecule has 0 fully saturated rings. The van der Waals surface area contributed by atoms with Crippen molar-refractivity contribution in [2.24, 2.45) is 0 Å². The molecular weight excluding hydrogens is 338 g/mol. The van der Waals surface area contributed by atoms with Gasteiger partial charge in [-0.05, 0) is 56.0 Å². The van der Waals surface area contributed by atoms with Gasteiger partial charge >= 0.3 is 0 Å². The molecular formula is C21H27N5O. The molecule has 0 spiro atoms. The smallest absolute Gasteiger partial charge is 0.220 e. The minimum absolute atomic E-state index is 0.0526. The van der Waals surface area contributed by atoms with E-state index in [1.165, 1.54) is 11.1 Å². The summed E-state index contributed by atoms with van der Waals surface area (Å²) in [5.74, 6) is 1.78. The van der Waals surface area contributed by atoms with Crippen molar-refractivity contribution in [1.82, 2.24) is 20.3 Å². The highest BCUT2D eigenvalue weighted by atomic mass is 16.1. The molecule has 0 saturated carbocycles. The van der Waals surface area contributed by atoms with Crippen molar-refractivity contribution < 1.29 is 4.79 Å². The van der Waals surface area contributed by atoms with Crippen molar-refractivity contribution in [3.63, 3.8) is 0 Å². The molecule has 0 saturated heterocycles. The summed E-state index contributed by atoms with van der Waals surface area (Å²) in [6.45, 7) is 7.60. The fraction of sp³-hybridized carbons (Fsp3) is 0.381. The van der Waals surface area contributed by atoms with Gasteiger partial charge in [0.1, 0.15) is 11.6 Å². The maximum Gasteiger partial charge on any atom is 0.220 e. The van der Waals surface area contributed by atoms with Crippen LogP contribution in [0.1, 0.15) is 35.4 Å². The number of hydrogen-bond acceptors (Lipinski definition) is 4. The number of aromatic nitrogens is 3. The highest BCUT2D eigenvalue weighted by Crippen LogP contribution is 2.19. The van der Waals surface area contributed by atoms with Gasteiger partial charge in [-0.25, -0.2) is 9.97 Å². The Bertz CT molecular complexity index is 914. The van der Waals surface area contributed by atoms with Gasteiger partial charge in [-0.1, -0.05) is 12.1 Å². The van der Waals surface area contributed by atoms with Crippen molar-refractivity contribution in [2.45, 2.75) is 40.0 Å². The second kappa shape index (κ2) is 8.66. The van der Waals surface area contributed by atoms with Gasteiger partial charge < -0.3 is 15.6 Å². The molecule has 0 radical (unpaired) electrons. The number of benzene rings is 1. The molecule has 27 heavy (non-hydrogen) atoms. The van der Waals surface area contributed by atoms with Crippen LogP contribution in [0.2, 0.25) is 0 Å². The van der Waals surface area contributed by atoms with Crippen molar-refractivity contribution in [3.8, 4) is 0 Å². The largest absolute Gasteiger partial charge is 0.370 e. The Morgan fingerprint density at radius 1 is 1.11 bits per heavy atom. The van der Waals surface area contributed by atoms with E-state index in [4.69, 9.17) is 0 Å². The first-order valence-electron chi connectivity index (χ1n) is 9.41. The Hall–Kier alpha value is -2.89. The van der Waals surface area contributed by atoms with Crippen LogP contribution in [0.4, 0.5) is 5.82 Å². The number of nitrogens with one attached hydrogen (secondary N) is 3. The quantitative estimate of drug-likeness (QED) is 0.534. The normalized spacial score (nSPS) is 10.9. The average molecular weight is 365 g/mol. The van der Waals surface area contributed by atoms with Crippen LogP contribution >= 0.6 is 0 Å². The van der Waals surface area contributed by atoms with E-state index in [1.54, 1.807) is 0 Å². The summed E-state index contributed by atoms with van der Waals surface area (Å²) in [6.07, 6.45) is 3.74. The third kappa shape index (κ3) is 5.06. The summed E-state index contributed by atoms with van der Waals surface area (Å²) >= 11 is 0. The SMILES string of the molecule is Cc1ccc(NCCCNC(=O)CCc2nc3c(C)c(C)ccc3[nH]2)nc1. The summed E-state index contributed by atoms with van der Waals surface area (Å²) in [7, 11) is 0. The van der Waals surface area contributed by atoms with E-state index >= 15 is 0 Å². The van der Waals surface area contributed by atoms with E-state index in [2.05, 4.69) is 45.5 Å². The molecule has 3 aromatic rings. The number of rotatable bonds is 8. The number of H-pyrrole nitrogens is 1. The van der Waals surface area contributed by atoms with E-state index in [1.807, 2.05) is 31.3 Å². The molecule has 3 rings (SSSR count). The van der Waals surface area contributed by atoms with Gasteiger partial charge in [0.2, 0.25) is 5.91 Å². The van der Waals surface area contributed by atoms with Crippen molar-refractivity contribution in [1.29, 1.82) is 0 Å². The zero-order valence-corrected chi connectivity index (χ0v) is 16.2. The molecule has 0 bridgehead atoms. The zero-order chi connectivity index (χ0) is 19.2. The molecule has 0 atom stereocenters. The highest BCUT2D eigenvalue weighted by molar-refractivity contribution is 5.80. The number of aromatic amines is 1. The summed E-state index contributed by atoms with van der Waals surface area (Å²) < 4.78 is 0. The van der Waals surface area contributed by atoms with E-state index in [-0.39, 0.29) is 5.91 Å². The molecule has 6 heteroatoms. The van der Waals surface area contributed by atoms with E-state index in [0.29, 0.717) is 19.4 Å². The number of imidazole rings is 1. The lowest BCUT2D eigenvalue weighted by atomic mass is 10.1. The fourth-order valence-corrected chi connectivity index (χ4v) is 2.91. The molecule has 2 heterocycles.